The molecule has 1 aromatic carbocycles. The molecule has 1 aromatic rings. The minimum atomic E-state index is -0.0518. The van der Waals surface area contributed by atoms with E-state index in [9.17, 15) is 0 Å². The molecule has 0 unspecified atom stereocenters. The van der Waals surface area contributed by atoms with E-state index >= 15 is 0 Å². The lowest BCUT2D eigenvalue weighted by molar-refractivity contribution is 0.0655. The number of rotatable bonds is 4. The summed E-state index contributed by atoms with van der Waals surface area (Å²) in [4.78, 5) is 0. The number of ether oxygens (including phenoxy) is 1. The zero-order valence-electron chi connectivity index (χ0n) is 9.56. The average molecular weight is 220 g/mol. The standard InChI is InChI=1S/C13H20N2O/c14-13(12-4-2-1-3-5-12)15-10-11-6-8-16-9-7-11/h1-5,11,13,15H,6-10,14H2/t13-/m1/s1. The van der Waals surface area contributed by atoms with Crippen molar-refractivity contribution in [3.8, 4) is 0 Å². The normalized spacial score (nSPS) is 19.6. The number of nitrogens with one attached hydrogen (secondary N) is 1. The van der Waals surface area contributed by atoms with E-state index in [0.29, 0.717) is 5.92 Å². The SMILES string of the molecule is N[C@H](NCC1CCOCC1)c1ccccc1. The molecule has 3 nitrogen and oxygen atoms in total. The fourth-order valence-corrected chi connectivity index (χ4v) is 2.02. The highest BCUT2D eigenvalue weighted by Gasteiger charge is 2.14. The van der Waals surface area contributed by atoms with Gasteiger partial charge in [-0.15, -0.1) is 0 Å². The van der Waals surface area contributed by atoms with Crippen LogP contribution in [0, 0.1) is 5.92 Å². The van der Waals surface area contributed by atoms with Gasteiger partial charge in [0.25, 0.3) is 0 Å². The summed E-state index contributed by atoms with van der Waals surface area (Å²) in [5.74, 6) is 0.712. The highest BCUT2D eigenvalue weighted by molar-refractivity contribution is 5.17. The van der Waals surface area contributed by atoms with Crippen molar-refractivity contribution in [1.29, 1.82) is 0 Å². The van der Waals surface area contributed by atoms with Crippen LogP contribution in [0.4, 0.5) is 0 Å². The third-order valence-electron chi connectivity index (χ3n) is 3.13. The quantitative estimate of drug-likeness (QED) is 0.759. The molecule has 2 rings (SSSR count). The molecule has 0 bridgehead atoms. The van der Waals surface area contributed by atoms with Crippen LogP contribution in [0.1, 0.15) is 24.6 Å². The van der Waals surface area contributed by atoms with E-state index in [4.69, 9.17) is 10.5 Å². The summed E-state index contributed by atoms with van der Waals surface area (Å²) < 4.78 is 5.33. The second kappa shape index (κ2) is 5.99. The highest BCUT2D eigenvalue weighted by atomic mass is 16.5. The molecule has 0 aliphatic carbocycles. The number of hydrogen-bond acceptors (Lipinski definition) is 3. The molecule has 1 saturated heterocycles. The molecule has 0 radical (unpaired) electrons. The van der Waals surface area contributed by atoms with Gasteiger partial charge in [0.1, 0.15) is 0 Å². The topological polar surface area (TPSA) is 47.3 Å². The fraction of sp³-hybridized carbons (Fsp3) is 0.538. The molecule has 0 aromatic heterocycles. The van der Waals surface area contributed by atoms with Crippen molar-refractivity contribution in [2.75, 3.05) is 19.8 Å². The smallest absolute Gasteiger partial charge is 0.0810 e. The maximum atomic E-state index is 6.07. The first-order chi connectivity index (χ1) is 7.86. The summed E-state index contributed by atoms with van der Waals surface area (Å²) in [6.45, 7) is 2.78. The van der Waals surface area contributed by atoms with Gasteiger partial charge in [-0.05, 0) is 30.9 Å². The predicted molar refractivity (Wildman–Crippen MR) is 64.9 cm³/mol. The van der Waals surface area contributed by atoms with Crippen LogP contribution in [0.25, 0.3) is 0 Å². The van der Waals surface area contributed by atoms with Crippen LogP contribution < -0.4 is 11.1 Å². The first kappa shape index (κ1) is 11.6. The third-order valence-corrected chi connectivity index (χ3v) is 3.13. The van der Waals surface area contributed by atoms with Crippen molar-refractivity contribution >= 4 is 0 Å². The molecular formula is C13H20N2O. The highest BCUT2D eigenvalue weighted by Crippen LogP contribution is 2.14. The van der Waals surface area contributed by atoms with E-state index in [1.165, 1.54) is 0 Å². The summed E-state index contributed by atoms with van der Waals surface area (Å²) in [5, 5.41) is 3.39. The van der Waals surface area contributed by atoms with Gasteiger partial charge in [0.05, 0.1) is 6.17 Å². The zero-order chi connectivity index (χ0) is 11.2. The molecule has 1 fully saturated rings. The summed E-state index contributed by atoms with van der Waals surface area (Å²) in [6.07, 6.45) is 2.24. The Morgan fingerprint density at radius 1 is 1.25 bits per heavy atom. The van der Waals surface area contributed by atoms with Gasteiger partial charge in [0, 0.05) is 13.2 Å². The Balaban J connectivity index is 1.77. The second-order valence-corrected chi connectivity index (χ2v) is 4.35. The number of benzene rings is 1. The molecule has 3 N–H and O–H groups in total. The number of hydrogen-bond donors (Lipinski definition) is 2. The average Bonchev–Trinajstić information content (AvgIpc) is 2.38. The van der Waals surface area contributed by atoms with Crippen LogP contribution in [-0.4, -0.2) is 19.8 Å². The Morgan fingerprint density at radius 3 is 2.62 bits per heavy atom. The Hall–Kier alpha value is -0.900. The maximum absolute atomic E-state index is 6.07. The Labute approximate surface area is 97.0 Å². The van der Waals surface area contributed by atoms with Crippen LogP contribution in [0.5, 0.6) is 0 Å². The van der Waals surface area contributed by atoms with Gasteiger partial charge in [-0.3, -0.25) is 5.32 Å². The molecule has 1 heterocycles. The molecule has 1 aliphatic rings. The first-order valence-corrected chi connectivity index (χ1v) is 5.98. The van der Waals surface area contributed by atoms with Crippen molar-refractivity contribution in [3.05, 3.63) is 35.9 Å². The molecule has 88 valence electrons. The predicted octanol–water partition coefficient (Wildman–Crippen LogP) is 1.66. The zero-order valence-corrected chi connectivity index (χ0v) is 9.56. The number of nitrogens with two attached hydrogens (primary N) is 1. The third kappa shape index (κ3) is 3.30. The van der Waals surface area contributed by atoms with Crippen LogP contribution in [0.3, 0.4) is 0 Å². The van der Waals surface area contributed by atoms with E-state index in [-0.39, 0.29) is 6.17 Å². The van der Waals surface area contributed by atoms with Crippen molar-refractivity contribution in [3.63, 3.8) is 0 Å². The summed E-state index contributed by atoms with van der Waals surface area (Å²) in [7, 11) is 0. The molecule has 1 atom stereocenters. The van der Waals surface area contributed by atoms with Crippen molar-refractivity contribution in [1.82, 2.24) is 5.32 Å². The monoisotopic (exact) mass is 220 g/mol. The fourth-order valence-electron chi connectivity index (χ4n) is 2.02. The summed E-state index contributed by atoms with van der Waals surface area (Å²) in [5.41, 5.74) is 7.22. The Morgan fingerprint density at radius 2 is 1.94 bits per heavy atom. The van der Waals surface area contributed by atoms with E-state index in [1.807, 2.05) is 18.2 Å². The van der Waals surface area contributed by atoms with Gasteiger partial charge in [0.15, 0.2) is 0 Å². The van der Waals surface area contributed by atoms with Crippen molar-refractivity contribution in [2.24, 2.45) is 11.7 Å². The van der Waals surface area contributed by atoms with Crippen LogP contribution in [0.2, 0.25) is 0 Å². The largest absolute Gasteiger partial charge is 0.381 e. The van der Waals surface area contributed by atoms with Gasteiger partial charge in [-0.2, -0.15) is 0 Å². The summed E-state index contributed by atoms with van der Waals surface area (Å²) >= 11 is 0. The van der Waals surface area contributed by atoms with Crippen LogP contribution in [0.15, 0.2) is 30.3 Å². The first-order valence-electron chi connectivity index (χ1n) is 5.98. The van der Waals surface area contributed by atoms with E-state index < -0.39 is 0 Å². The van der Waals surface area contributed by atoms with E-state index in [0.717, 1.165) is 38.2 Å². The van der Waals surface area contributed by atoms with Crippen LogP contribution in [-0.2, 0) is 4.74 Å². The van der Waals surface area contributed by atoms with Gasteiger partial charge in [-0.25, -0.2) is 0 Å². The summed E-state index contributed by atoms with van der Waals surface area (Å²) in [6, 6.07) is 10.2. The van der Waals surface area contributed by atoms with Gasteiger partial charge in [0.2, 0.25) is 0 Å². The minimum Gasteiger partial charge on any atom is -0.381 e. The van der Waals surface area contributed by atoms with Crippen molar-refractivity contribution in [2.45, 2.75) is 19.0 Å². The molecule has 0 saturated carbocycles. The lowest BCUT2D eigenvalue weighted by atomic mass is 10.00. The lowest BCUT2D eigenvalue weighted by Gasteiger charge is -2.24. The lowest BCUT2D eigenvalue weighted by Crippen LogP contribution is -2.34. The molecule has 16 heavy (non-hydrogen) atoms. The molecule has 0 amide bonds. The molecular weight excluding hydrogens is 200 g/mol. The van der Waals surface area contributed by atoms with Crippen LogP contribution >= 0.6 is 0 Å². The van der Waals surface area contributed by atoms with Gasteiger partial charge < -0.3 is 10.5 Å². The maximum Gasteiger partial charge on any atom is 0.0810 e. The Bertz CT molecular complexity index is 296. The van der Waals surface area contributed by atoms with Gasteiger partial charge >= 0.3 is 0 Å². The molecule has 0 spiro atoms. The molecule has 1 aliphatic heterocycles. The second-order valence-electron chi connectivity index (χ2n) is 4.35. The van der Waals surface area contributed by atoms with E-state index in [2.05, 4.69) is 17.4 Å². The van der Waals surface area contributed by atoms with E-state index in [1.54, 1.807) is 0 Å². The van der Waals surface area contributed by atoms with Crippen molar-refractivity contribution < 1.29 is 4.74 Å². The van der Waals surface area contributed by atoms with Gasteiger partial charge in [-0.1, -0.05) is 30.3 Å². The minimum absolute atomic E-state index is 0.0518. The molecule has 3 heteroatoms. The Kier molecular flexibility index (Phi) is 4.34.